The number of carbonyl (C=O) groups is 1. The van der Waals surface area contributed by atoms with Gasteiger partial charge >= 0.3 is 6.09 Å². The summed E-state index contributed by atoms with van der Waals surface area (Å²) in [7, 11) is 0. The molecule has 3 aromatic rings. The molecule has 1 aliphatic rings. The third-order valence-electron chi connectivity index (χ3n) is 5.60. The average molecular weight is 416 g/mol. The number of carbonyl (C=O) groups excluding carboxylic acids is 1. The van der Waals surface area contributed by atoms with Gasteiger partial charge < -0.3 is 10.1 Å². The Morgan fingerprint density at radius 1 is 0.806 bits per heavy atom. The molecule has 1 aliphatic heterocycles. The molecular weight excluding hydrogens is 386 g/mol. The molecule has 0 radical (unpaired) electrons. The van der Waals surface area contributed by atoms with Crippen LogP contribution in [0.1, 0.15) is 11.1 Å². The Balaban J connectivity index is 1.38. The Bertz CT molecular complexity index is 935. The van der Waals surface area contributed by atoms with E-state index in [1.54, 1.807) is 12.1 Å². The van der Waals surface area contributed by atoms with Gasteiger partial charge in [-0.15, -0.1) is 0 Å². The average Bonchev–Trinajstić information content (AvgIpc) is 2.81. The number of ether oxygens (including phenoxy) is 1. The maximum Gasteiger partial charge on any atom is 0.412 e. The van der Waals surface area contributed by atoms with Crippen LogP contribution >= 0.6 is 0 Å². The van der Waals surface area contributed by atoms with E-state index in [4.69, 9.17) is 4.74 Å². The number of rotatable bonds is 7. The van der Waals surface area contributed by atoms with E-state index in [2.05, 4.69) is 63.6 Å². The Kier molecular flexibility index (Phi) is 7.32. The highest BCUT2D eigenvalue weighted by atomic mass is 16.6. The summed E-state index contributed by atoms with van der Waals surface area (Å²) in [6.45, 7) is 5.21. The first-order valence-electron chi connectivity index (χ1n) is 10.8. The van der Waals surface area contributed by atoms with Crippen LogP contribution < -0.4 is 10.1 Å². The normalized spacial score (nSPS) is 17.2. The molecular formula is C26H29N3O2. The van der Waals surface area contributed by atoms with Gasteiger partial charge in [0.15, 0.2) is 0 Å². The summed E-state index contributed by atoms with van der Waals surface area (Å²) < 4.78 is 5.40. The van der Waals surface area contributed by atoms with Gasteiger partial charge in [-0.2, -0.15) is 0 Å². The molecule has 0 aliphatic carbocycles. The third-order valence-corrected chi connectivity index (χ3v) is 5.60. The van der Waals surface area contributed by atoms with E-state index in [0.717, 1.165) is 32.7 Å². The molecule has 1 N–H and O–H groups in total. The Labute approximate surface area is 184 Å². The van der Waals surface area contributed by atoms with E-state index in [9.17, 15) is 4.79 Å². The van der Waals surface area contributed by atoms with Crippen LogP contribution in [0.5, 0.6) is 5.75 Å². The minimum Gasteiger partial charge on any atom is -0.410 e. The molecule has 5 nitrogen and oxygen atoms in total. The van der Waals surface area contributed by atoms with Gasteiger partial charge in [0.2, 0.25) is 0 Å². The zero-order valence-electron chi connectivity index (χ0n) is 17.7. The number of amides is 1. The summed E-state index contributed by atoms with van der Waals surface area (Å²) >= 11 is 0. The SMILES string of the molecule is O=C(NCC1CN(Cc2ccccc2)CCN1Cc1ccccc1)Oc1ccccc1. The van der Waals surface area contributed by atoms with Crippen LogP contribution in [0.3, 0.4) is 0 Å². The summed E-state index contributed by atoms with van der Waals surface area (Å²) in [6.07, 6.45) is -0.411. The van der Waals surface area contributed by atoms with Crippen molar-refractivity contribution in [3.05, 3.63) is 102 Å². The van der Waals surface area contributed by atoms with Gasteiger partial charge in [-0.1, -0.05) is 78.9 Å². The molecule has 0 aromatic heterocycles. The monoisotopic (exact) mass is 415 g/mol. The standard InChI is InChI=1S/C26H29N3O2/c30-26(31-25-14-8-3-9-15-25)27-18-24-21-28(19-22-10-4-1-5-11-22)16-17-29(24)20-23-12-6-2-7-13-23/h1-15,24H,16-21H2,(H,27,30). The van der Waals surface area contributed by atoms with Crippen molar-refractivity contribution in [3.63, 3.8) is 0 Å². The van der Waals surface area contributed by atoms with Crippen molar-refractivity contribution >= 4 is 6.09 Å². The summed E-state index contributed by atoms with van der Waals surface area (Å²) in [4.78, 5) is 17.2. The fraction of sp³-hybridized carbons (Fsp3) is 0.269. The molecule has 1 fully saturated rings. The third kappa shape index (κ3) is 6.41. The first-order chi connectivity index (χ1) is 15.3. The molecule has 1 unspecified atom stereocenters. The van der Waals surface area contributed by atoms with Crippen molar-refractivity contribution in [3.8, 4) is 5.75 Å². The molecule has 160 valence electrons. The van der Waals surface area contributed by atoms with Crippen LogP contribution in [-0.4, -0.2) is 48.1 Å². The molecule has 1 atom stereocenters. The maximum atomic E-state index is 12.3. The molecule has 0 saturated carbocycles. The second-order valence-electron chi connectivity index (χ2n) is 7.91. The minimum absolute atomic E-state index is 0.209. The molecule has 5 heteroatoms. The molecule has 1 amide bonds. The molecule has 0 bridgehead atoms. The van der Waals surface area contributed by atoms with Gasteiger partial charge in [0.25, 0.3) is 0 Å². The number of piperazine rings is 1. The van der Waals surface area contributed by atoms with E-state index in [-0.39, 0.29) is 6.04 Å². The largest absolute Gasteiger partial charge is 0.412 e. The number of hydrogen-bond donors (Lipinski definition) is 1. The summed E-state index contributed by atoms with van der Waals surface area (Å²) in [5.74, 6) is 0.551. The van der Waals surface area contributed by atoms with Crippen LogP contribution in [0.25, 0.3) is 0 Å². The van der Waals surface area contributed by atoms with Gasteiger partial charge in [0, 0.05) is 45.3 Å². The lowest BCUT2D eigenvalue weighted by molar-refractivity contribution is 0.0638. The van der Waals surface area contributed by atoms with Crippen molar-refractivity contribution < 1.29 is 9.53 Å². The number of para-hydroxylation sites is 1. The molecule has 3 aromatic carbocycles. The van der Waals surface area contributed by atoms with Gasteiger partial charge in [-0.25, -0.2) is 4.79 Å². The fourth-order valence-corrected chi connectivity index (χ4v) is 4.00. The van der Waals surface area contributed by atoms with Crippen LogP contribution in [-0.2, 0) is 13.1 Å². The highest BCUT2D eigenvalue weighted by molar-refractivity contribution is 5.70. The highest BCUT2D eigenvalue weighted by Gasteiger charge is 2.27. The molecule has 4 rings (SSSR count). The first kappa shape index (κ1) is 21.1. The van der Waals surface area contributed by atoms with Gasteiger partial charge in [-0.05, 0) is 23.3 Å². The van der Waals surface area contributed by atoms with Crippen molar-refractivity contribution in [1.29, 1.82) is 0 Å². The van der Waals surface area contributed by atoms with E-state index in [1.807, 2.05) is 30.3 Å². The van der Waals surface area contributed by atoms with Crippen LogP contribution in [0, 0.1) is 0 Å². The van der Waals surface area contributed by atoms with E-state index in [1.165, 1.54) is 11.1 Å². The first-order valence-corrected chi connectivity index (χ1v) is 10.8. The lowest BCUT2D eigenvalue weighted by Gasteiger charge is -2.41. The number of hydrogen-bond acceptors (Lipinski definition) is 4. The fourth-order valence-electron chi connectivity index (χ4n) is 4.00. The Hall–Kier alpha value is -3.15. The molecule has 1 heterocycles. The summed E-state index contributed by atoms with van der Waals surface area (Å²) in [6, 6.07) is 30.4. The predicted molar refractivity (Wildman–Crippen MR) is 123 cm³/mol. The predicted octanol–water partition coefficient (Wildman–Crippen LogP) is 4.16. The van der Waals surface area contributed by atoms with E-state index in [0.29, 0.717) is 12.3 Å². The number of nitrogens with one attached hydrogen (secondary N) is 1. The number of benzene rings is 3. The summed E-state index contributed by atoms with van der Waals surface area (Å²) in [5, 5.41) is 2.97. The molecule has 31 heavy (non-hydrogen) atoms. The van der Waals surface area contributed by atoms with E-state index >= 15 is 0 Å². The highest BCUT2D eigenvalue weighted by Crippen LogP contribution is 2.16. The van der Waals surface area contributed by atoms with Crippen molar-refractivity contribution in [2.45, 2.75) is 19.1 Å². The zero-order valence-corrected chi connectivity index (χ0v) is 17.7. The second kappa shape index (κ2) is 10.8. The van der Waals surface area contributed by atoms with Gasteiger partial charge in [-0.3, -0.25) is 9.80 Å². The van der Waals surface area contributed by atoms with Crippen molar-refractivity contribution in [2.75, 3.05) is 26.2 Å². The van der Waals surface area contributed by atoms with Crippen LogP contribution in [0.15, 0.2) is 91.0 Å². The lowest BCUT2D eigenvalue weighted by atomic mass is 10.1. The smallest absolute Gasteiger partial charge is 0.410 e. The number of nitrogens with zero attached hydrogens (tertiary/aromatic N) is 2. The zero-order chi connectivity index (χ0) is 21.3. The minimum atomic E-state index is -0.411. The Morgan fingerprint density at radius 2 is 1.39 bits per heavy atom. The van der Waals surface area contributed by atoms with Crippen LogP contribution in [0.2, 0.25) is 0 Å². The lowest BCUT2D eigenvalue weighted by Crippen LogP contribution is -2.56. The maximum absolute atomic E-state index is 12.3. The van der Waals surface area contributed by atoms with Gasteiger partial charge in [0.1, 0.15) is 5.75 Å². The topological polar surface area (TPSA) is 44.8 Å². The van der Waals surface area contributed by atoms with Crippen molar-refractivity contribution in [2.24, 2.45) is 0 Å². The van der Waals surface area contributed by atoms with Crippen LogP contribution in [0.4, 0.5) is 4.79 Å². The Morgan fingerprint density at radius 3 is 2.03 bits per heavy atom. The molecule has 0 spiro atoms. The van der Waals surface area contributed by atoms with Gasteiger partial charge in [0.05, 0.1) is 0 Å². The summed E-state index contributed by atoms with van der Waals surface area (Å²) in [5.41, 5.74) is 2.60. The second-order valence-corrected chi connectivity index (χ2v) is 7.91. The van der Waals surface area contributed by atoms with Crippen molar-refractivity contribution in [1.82, 2.24) is 15.1 Å². The van der Waals surface area contributed by atoms with E-state index < -0.39 is 6.09 Å². The quantitative estimate of drug-likeness (QED) is 0.629. The molecule has 1 saturated heterocycles.